The average molecular weight is 389 g/mol. The maximum Gasteiger partial charge on any atom is 0.337 e. The molecular formula is C20H28N2O4Si. The molecule has 0 heterocycles. The minimum Gasteiger partial charge on any atom is -0.465 e. The van der Waals surface area contributed by atoms with Crippen LogP contribution in [0.15, 0.2) is 24.3 Å². The van der Waals surface area contributed by atoms with Crippen molar-refractivity contribution in [3.63, 3.8) is 0 Å². The highest BCUT2D eigenvalue weighted by Crippen LogP contribution is 2.35. The number of ether oxygens (including phenoxy) is 1. The molecule has 0 aliphatic heterocycles. The fraction of sp³-hybridized carbons (Fsp3) is 0.450. The Morgan fingerprint density at radius 1 is 1.22 bits per heavy atom. The number of primary amides is 1. The summed E-state index contributed by atoms with van der Waals surface area (Å²) in [6.45, 7) is 10.8. The Kier molecular flexibility index (Phi) is 7.37. The summed E-state index contributed by atoms with van der Waals surface area (Å²) in [5.74, 6) is 1.33. The van der Waals surface area contributed by atoms with Crippen LogP contribution in [0.5, 0.6) is 0 Å². The first-order valence-electron chi connectivity index (χ1n) is 8.67. The lowest BCUT2D eigenvalue weighted by atomic mass is 10.1. The summed E-state index contributed by atoms with van der Waals surface area (Å²) in [6, 6.07) is 5.15. The first-order chi connectivity index (χ1) is 12.4. The predicted octanol–water partition coefficient (Wildman–Crippen LogP) is 2.50. The second-order valence-electron chi connectivity index (χ2n) is 7.88. The van der Waals surface area contributed by atoms with E-state index in [1.54, 1.807) is 18.2 Å². The van der Waals surface area contributed by atoms with Crippen molar-refractivity contribution in [3.05, 3.63) is 35.4 Å². The van der Waals surface area contributed by atoms with Gasteiger partial charge in [0, 0.05) is 12.0 Å². The monoisotopic (exact) mass is 388 g/mol. The van der Waals surface area contributed by atoms with E-state index < -0.39 is 31.9 Å². The molecule has 1 rings (SSSR count). The Balaban J connectivity index is 2.92. The molecule has 0 aromatic heterocycles. The zero-order chi connectivity index (χ0) is 20.8. The SMILES string of the molecule is COC(=O)c1cccc(C(=O)N[C@@H](CC#C[Si](C)(C)C(C)(C)C)C(N)=O)c1. The summed E-state index contributed by atoms with van der Waals surface area (Å²) in [6.07, 6.45) is 0.143. The Labute approximate surface area is 161 Å². The number of amides is 2. The van der Waals surface area contributed by atoms with Crippen molar-refractivity contribution in [2.75, 3.05) is 7.11 Å². The lowest BCUT2D eigenvalue weighted by Crippen LogP contribution is -2.44. The molecule has 0 saturated heterocycles. The molecule has 1 aromatic carbocycles. The normalized spacial score (nSPS) is 12.4. The van der Waals surface area contributed by atoms with Crippen LogP contribution in [-0.2, 0) is 9.53 Å². The largest absolute Gasteiger partial charge is 0.465 e. The number of hydrogen-bond acceptors (Lipinski definition) is 4. The number of methoxy groups -OCH3 is 1. The Hall–Kier alpha value is -2.59. The second-order valence-corrected chi connectivity index (χ2v) is 12.9. The highest BCUT2D eigenvalue weighted by Gasteiger charge is 2.33. The molecule has 27 heavy (non-hydrogen) atoms. The van der Waals surface area contributed by atoms with E-state index in [0.717, 1.165) is 0 Å². The van der Waals surface area contributed by atoms with Crippen molar-refractivity contribution in [1.29, 1.82) is 0 Å². The zero-order valence-electron chi connectivity index (χ0n) is 16.8. The third kappa shape index (κ3) is 6.26. The van der Waals surface area contributed by atoms with Gasteiger partial charge in [0.2, 0.25) is 5.91 Å². The molecule has 0 unspecified atom stereocenters. The lowest BCUT2D eigenvalue weighted by molar-refractivity contribution is -0.119. The standard InChI is InChI=1S/C20H28N2O4Si/c1-20(2,3)27(5,6)12-8-11-16(17(21)23)22-18(24)14-9-7-10-15(13-14)19(25)26-4/h7,9-10,13,16H,11H2,1-6H3,(H2,21,23)(H,22,24)/t16-/m0/s1. The second kappa shape index (κ2) is 8.87. The molecule has 146 valence electrons. The minimum atomic E-state index is -1.81. The molecule has 6 nitrogen and oxygen atoms in total. The number of esters is 1. The first kappa shape index (κ1) is 22.4. The molecule has 1 atom stereocenters. The van der Waals surface area contributed by atoms with Gasteiger partial charge in [-0.05, 0) is 23.2 Å². The van der Waals surface area contributed by atoms with Gasteiger partial charge in [0.15, 0.2) is 0 Å². The predicted molar refractivity (Wildman–Crippen MR) is 108 cm³/mol. The number of nitrogens with two attached hydrogens (primary N) is 1. The van der Waals surface area contributed by atoms with E-state index in [1.165, 1.54) is 13.2 Å². The number of carbonyl (C=O) groups excluding carboxylic acids is 3. The van der Waals surface area contributed by atoms with Crippen LogP contribution >= 0.6 is 0 Å². The van der Waals surface area contributed by atoms with Crippen molar-refractivity contribution in [2.24, 2.45) is 5.73 Å². The molecule has 0 saturated carbocycles. The summed E-state index contributed by atoms with van der Waals surface area (Å²) in [5.41, 5.74) is 9.20. The van der Waals surface area contributed by atoms with E-state index in [0.29, 0.717) is 0 Å². The van der Waals surface area contributed by atoms with Gasteiger partial charge in [0.25, 0.3) is 5.91 Å². The molecule has 1 aromatic rings. The van der Waals surface area contributed by atoms with Gasteiger partial charge in [-0.1, -0.05) is 39.9 Å². The van der Waals surface area contributed by atoms with E-state index in [2.05, 4.69) is 55.4 Å². The molecule has 3 N–H and O–H groups in total. The average Bonchev–Trinajstić information content (AvgIpc) is 2.58. The molecule has 0 spiro atoms. The summed E-state index contributed by atoms with van der Waals surface area (Å²) in [5, 5.41) is 2.69. The fourth-order valence-corrected chi connectivity index (χ4v) is 2.85. The molecule has 7 heteroatoms. The van der Waals surface area contributed by atoms with E-state index in [-0.39, 0.29) is 22.6 Å². The fourth-order valence-electron chi connectivity index (χ4n) is 1.93. The van der Waals surface area contributed by atoms with Crippen LogP contribution in [0.4, 0.5) is 0 Å². The van der Waals surface area contributed by atoms with Crippen LogP contribution in [0.1, 0.15) is 47.9 Å². The smallest absolute Gasteiger partial charge is 0.337 e. The zero-order valence-corrected chi connectivity index (χ0v) is 17.8. The molecular weight excluding hydrogens is 360 g/mol. The highest BCUT2D eigenvalue weighted by atomic mass is 28.3. The maximum atomic E-state index is 12.4. The van der Waals surface area contributed by atoms with Gasteiger partial charge in [-0.2, -0.15) is 0 Å². The van der Waals surface area contributed by atoms with Crippen molar-refractivity contribution in [2.45, 2.75) is 51.4 Å². The van der Waals surface area contributed by atoms with Crippen LogP contribution in [0.25, 0.3) is 0 Å². The molecule has 0 bridgehead atoms. The number of rotatable bonds is 5. The van der Waals surface area contributed by atoms with E-state index in [1.807, 2.05) is 0 Å². The van der Waals surface area contributed by atoms with Gasteiger partial charge in [0.1, 0.15) is 14.1 Å². The van der Waals surface area contributed by atoms with Gasteiger partial charge >= 0.3 is 5.97 Å². The minimum absolute atomic E-state index is 0.0970. The summed E-state index contributed by atoms with van der Waals surface area (Å²) in [7, 11) is -0.549. The maximum absolute atomic E-state index is 12.4. The van der Waals surface area contributed by atoms with Crippen LogP contribution < -0.4 is 11.1 Å². The van der Waals surface area contributed by atoms with Gasteiger partial charge in [-0.15, -0.1) is 11.5 Å². The molecule has 0 aliphatic carbocycles. The molecule has 0 radical (unpaired) electrons. The first-order valence-corrected chi connectivity index (χ1v) is 11.7. The highest BCUT2D eigenvalue weighted by molar-refractivity contribution is 6.87. The van der Waals surface area contributed by atoms with Crippen LogP contribution in [0.2, 0.25) is 18.1 Å². The number of nitrogens with one attached hydrogen (secondary N) is 1. The molecule has 2 amide bonds. The van der Waals surface area contributed by atoms with Crippen molar-refractivity contribution in [3.8, 4) is 11.5 Å². The van der Waals surface area contributed by atoms with E-state index >= 15 is 0 Å². The van der Waals surface area contributed by atoms with Crippen molar-refractivity contribution in [1.82, 2.24) is 5.32 Å². The van der Waals surface area contributed by atoms with Gasteiger partial charge in [-0.25, -0.2) is 4.79 Å². The van der Waals surface area contributed by atoms with Gasteiger partial charge in [0.05, 0.1) is 12.7 Å². The topological polar surface area (TPSA) is 98.5 Å². The molecule has 0 aliphatic rings. The van der Waals surface area contributed by atoms with Gasteiger partial charge in [-0.3, -0.25) is 9.59 Å². The van der Waals surface area contributed by atoms with Crippen LogP contribution in [0, 0.1) is 11.5 Å². The number of hydrogen-bond donors (Lipinski definition) is 2. The summed E-state index contributed by atoms with van der Waals surface area (Å²) >= 11 is 0. The third-order valence-corrected chi connectivity index (χ3v) is 9.33. The summed E-state index contributed by atoms with van der Waals surface area (Å²) < 4.78 is 4.64. The number of benzene rings is 1. The van der Waals surface area contributed by atoms with Crippen LogP contribution in [-0.4, -0.2) is 39.0 Å². The summed E-state index contributed by atoms with van der Waals surface area (Å²) in [4.78, 5) is 35.7. The Morgan fingerprint density at radius 3 is 2.33 bits per heavy atom. The quantitative estimate of drug-likeness (QED) is 0.460. The van der Waals surface area contributed by atoms with Crippen molar-refractivity contribution >= 4 is 25.9 Å². The third-order valence-electron chi connectivity index (χ3n) is 4.78. The van der Waals surface area contributed by atoms with Crippen LogP contribution in [0.3, 0.4) is 0 Å². The Morgan fingerprint density at radius 2 is 1.81 bits per heavy atom. The molecule has 0 fully saturated rings. The Bertz CT molecular complexity index is 785. The van der Waals surface area contributed by atoms with E-state index in [9.17, 15) is 14.4 Å². The lowest BCUT2D eigenvalue weighted by Gasteiger charge is -2.31. The van der Waals surface area contributed by atoms with E-state index in [4.69, 9.17) is 5.73 Å². The number of carbonyl (C=O) groups is 3. The van der Waals surface area contributed by atoms with Crippen molar-refractivity contribution < 1.29 is 19.1 Å². The van der Waals surface area contributed by atoms with Gasteiger partial charge < -0.3 is 15.8 Å².